The first kappa shape index (κ1) is 7.39. The molecule has 2 heteroatoms. The highest BCUT2D eigenvalue weighted by atomic mass is 16.5. The molecule has 2 nitrogen and oxygen atoms in total. The van der Waals surface area contributed by atoms with Crippen molar-refractivity contribution in [3.05, 3.63) is 28.8 Å². The predicted molar refractivity (Wildman–Crippen MR) is 50.9 cm³/mol. The SMILES string of the molecule is N[C@H]1CCc2ccc3c(c21)OCC3. The molecule has 0 spiro atoms. The Balaban J connectivity index is 2.23. The molecule has 1 aliphatic heterocycles. The summed E-state index contributed by atoms with van der Waals surface area (Å²) in [6, 6.07) is 4.62. The average Bonchev–Trinajstić information content (AvgIpc) is 2.70. The number of nitrogens with two attached hydrogens (primary N) is 1. The molecule has 1 aromatic rings. The minimum absolute atomic E-state index is 0.211. The molecule has 13 heavy (non-hydrogen) atoms. The zero-order valence-electron chi connectivity index (χ0n) is 7.55. The van der Waals surface area contributed by atoms with Crippen LogP contribution in [0.15, 0.2) is 12.1 Å². The molecule has 2 N–H and O–H groups in total. The normalized spacial score (nSPS) is 23.9. The molecule has 0 fully saturated rings. The lowest BCUT2D eigenvalue weighted by Gasteiger charge is -2.10. The molecule has 0 saturated carbocycles. The summed E-state index contributed by atoms with van der Waals surface area (Å²) in [5.74, 6) is 1.10. The molecule has 1 heterocycles. The Bertz CT molecular complexity index is 359. The van der Waals surface area contributed by atoms with Crippen LogP contribution in [0.25, 0.3) is 0 Å². The molecule has 0 unspecified atom stereocenters. The van der Waals surface area contributed by atoms with Crippen molar-refractivity contribution in [2.45, 2.75) is 25.3 Å². The third-order valence-electron chi connectivity index (χ3n) is 3.08. The van der Waals surface area contributed by atoms with E-state index in [9.17, 15) is 0 Å². The number of hydrogen-bond acceptors (Lipinski definition) is 2. The summed E-state index contributed by atoms with van der Waals surface area (Å²) < 4.78 is 5.63. The van der Waals surface area contributed by atoms with E-state index in [1.165, 1.54) is 16.7 Å². The molecule has 2 aliphatic rings. The largest absolute Gasteiger partial charge is 0.493 e. The van der Waals surface area contributed by atoms with Crippen LogP contribution in [0.5, 0.6) is 5.75 Å². The minimum atomic E-state index is 0.211. The fourth-order valence-corrected chi connectivity index (χ4v) is 2.40. The Kier molecular flexibility index (Phi) is 1.41. The molecule has 1 atom stereocenters. The van der Waals surface area contributed by atoms with Gasteiger partial charge in [-0.2, -0.15) is 0 Å². The fraction of sp³-hybridized carbons (Fsp3) is 0.455. The summed E-state index contributed by atoms with van der Waals surface area (Å²) in [6.07, 6.45) is 3.25. The fourth-order valence-electron chi connectivity index (χ4n) is 2.40. The van der Waals surface area contributed by atoms with E-state index in [0.29, 0.717) is 0 Å². The number of aryl methyl sites for hydroxylation is 1. The monoisotopic (exact) mass is 175 g/mol. The van der Waals surface area contributed by atoms with Crippen LogP contribution in [-0.4, -0.2) is 6.61 Å². The molecule has 0 aromatic heterocycles. The Labute approximate surface area is 77.7 Å². The Morgan fingerprint density at radius 3 is 3.00 bits per heavy atom. The zero-order chi connectivity index (χ0) is 8.84. The van der Waals surface area contributed by atoms with Crippen molar-refractivity contribution in [2.75, 3.05) is 6.61 Å². The van der Waals surface area contributed by atoms with E-state index in [1.807, 2.05) is 0 Å². The van der Waals surface area contributed by atoms with Crippen LogP contribution in [-0.2, 0) is 12.8 Å². The Morgan fingerprint density at radius 1 is 1.23 bits per heavy atom. The van der Waals surface area contributed by atoms with E-state index in [0.717, 1.165) is 31.6 Å². The van der Waals surface area contributed by atoms with E-state index >= 15 is 0 Å². The highest BCUT2D eigenvalue weighted by molar-refractivity contribution is 5.52. The van der Waals surface area contributed by atoms with Crippen molar-refractivity contribution in [3.63, 3.8) is 0 Å². The molecule has 0 amide bonds. The van der Waals surface area contributed by atoms with Gasteiger partial charge in [0.15, 0.2) is 0 Å². The Hall–Kier alpha value is -1.02. The van der Waals surface area contributed by atoms with E-state index in [4.69, 9.17) is 10.5 Å². The van der Waals surface area contributed by atoms with Crippen molar-refractivity contribution in [1.29, 1.82) is 0 Å². The summed E-state index contributed by atoms with van der Waals surface area (Å²) in [7, 11) is 0. The van der Waals surface area contributed by atoms with Crippen LogP contribution in [0.4, 0.5) is 0 Å². The summed E-state index contributed by atoms with van der Waals surface area (Å²) >= 11 is 0. The molecule has 1 aromatic carbocycles. The maximum absolute atomic E-state index is 6.04. The first-order valence-corrected chi connectivity index (χ1v) is 4.89. The smallest absolute Gasteiger partial charge is 0.127 e. The topological polar surface area (TPSA) is 35.2 Å². The quantitative estimate of drug-likeness (QED) is 0.649. The van der Waals surface area contributed by atoms with Crippen LogP contribution in [0.3, 0.4) is 0 Å². The molecule has 68 valence electrons. The van der Waals surface area contributed by atoms with E-state index in [2.05, 4.69) is 12.1 Å². The van der Waals surface area contributed by atoms with Gasteiger partial charge in [-0.3, -0.25) is 0 Å². The standard InChI is InChI=1S/C11H13NO/c12-9-4-3-7-1-2-8-5-6-13-11(8)10(7)9/h1-2,9H,3-6,12H2/t9-/m0/s1. The van der Waals surface area contributed by atoms with Gasteiger partial charge in [-0.25, -0.2) is 0 Å². The number of fused-ring (bicyclic) bond motifs is 3. The van der Waals surface area contributed by atoms with Gasteiger partial charge in [0.05, 0.1) is 6.61 Å². The molecular weight excluding hydrogens is 162 g/mol. The lowest BCUT2D eigenvalue weighted by atomic mass is 10.0. The molecule has 1 aliphatic carbocycles. The van der Waals surface area contributed by atoms with Gasteiger partial charge in [-0.1, -0.05) is 12.1 Å². The highest BCUT2D eigenvalue weighted by Gasteiger charge is 2.27. The van der Waals surface area contributed by atoms with Crippen LogP contribution < -0.4 is 10.5 Å². The van der Waals surface area contributed by atoms with Gasteiger partial charge in [-0.05, 0) is 24.0 Å². The number of ether oxygens (including phenoxy) is 1. The number of benzene rings is 1. The predicted octanol–water partition coefficient (Wildman–Crippen LogP) is 1.57. The summed E-state index contributed by atoms with van der Waals surface area (Å²) in [5.41, 5.74) is 10.1. The van der Waals surface area contributed by atoms with Crippen LogP contribution in [0, 0.1) is 0 Å². The maximum Gasteiger partial charge on any atom is 0.127 e. The second kappa shape index (κ2) is 2.48. The second-order valence-electron chi connectivity index (χ2n) is 3.87. The van der Waals surface area contributed by atoms with Gasteiger partial charge in [0, 0.05) is 18.0 Å². The van der Waals surface area contributed by atoms with Crippen molar-refractivity contribution < 1.29 is 4.74 Å². The third kappa shape index (κ3) is 0.923. The van der Waals surface area contributed by atoms with E-state index in [-0.39, 0.29) is 6.04 Å². The third-order valence-corrected chi connectivity index (χ3v) is 3.08. The molecule has 0 bridgehead atoms. The molecular formula is C11H13NO. The van der Waals surface area contributed by atoms with Crippen molar-refractivity contribution in [2.24, 2.45) is 5.73 Å². The van der Waals surface area contributed by atoms with Gasteiger partial charge in [0.25, 0.3) is 0 Å². The van der Waals surface area contributed by atoms with Gasteiger partial charge >= 0.3 is 0 Å². The number of rotatable bonds is 0. The Morgan fingerprint density at radius 2 is 2.08 bits per heavy atom. The first-order valence-electron chi connectivity index (χ1n) is 4.89. The molecule has 3 rings (SSSR count). The minimum Gasteiger partial charge on any atom is -0.493 e. The van der Waals surface area contributed by atoms with Gasteiger partial charge in [0.1, 0.15) is 5.75 Å². The lowest BCUT2D eigenvalue weighted by Crippen LogP contribution is -2.06. The summed E-state index contributed by atoms with van der Waals surface area (Å²) in [6.45, 7) is 0.832. The van der Waals surface area contributed by atoms with Gasteiger partial charge in [0.2, 0.25) is 0 Å². The van der Waals surface area contributed by atoms with Gasteiger partial charge < -0.3 is 10.5 Å². The zero-order valence-corrected chi connectivity index (χ0v) is 7.55. The highest BCUT2D eigenvalue weighted by Crippen LogP contribution is 2.41. The summed E-state index contributed by atoms with van der Waals surface area (Å²) in [5, 5.41) is 0. The van der Waals surface area contributed by atoms with E-state index in [1.54, 1.807) is 0 Å². The average molecular weight is 175 g/mol. The van der Waals surface area contributed by atoms with E-state index < -0.39 is 0 Å². The van der Waals surface area contributed by atoms with Gasteiger partial charge in [-0.15, -0.1) is 0 Å². The van der Waals surface area contributed by atoms with Crippen molar-refractivity contribution in [3.8, 4) is 5.75 Å². The molecule has 0 saturated heterocycles. The number of hydrogen-bond donors (Lipinski definition) is 1. The summed E-state index contributed by atoms with van der Waals surface area (Å²) in [4.78, 5) is 0. The van der Waals surface area contributed by atoms with Crippen LogP contribution >= 0.6 is 0 Å². The van der Waals surface area contributed by atoms with Crippen LogP contribution in [0.2, 0.25) is 0 Å². The first-order chi connectivity index (χ1) is 6.36. The van der Waals surface area contributed by atoms with Crippen molar-refractivity contribution >= 4 is 0 Å². The molecule has 0 radical (unpaired) electrons. The second-order valence-corrected chi connectivity index (χ2v) is 3.87. The van der Waals surface area contributed by atoms with Crippen molar-refractivity contribution in [1.82, 2.24) is 0 Å². The van der Waals surface area contributed by atoms with Crippen LogP contribution in [0.1, 0.15) is 29.2 Å². The lowest BCUT2D eigenvalue weighted by molar-refractivity contribution is 0.352. The maximum atomic E-state index is 6.04.